The third kappa shape index (κ3) is 3.46. The van der Waals surface area contributed by atoms with Gasteiger partial charge in [0.05, 0.1) is 0 Å². The summed E-state index contributed by atoms with van der Waals surface area (Å²) in [5.41, 5.74) is 3.18. The van der Waals surface area contributed by atoms with E-state index in [1.54, 1.807) is 0 Å². The molecule has 0 unspecified atom stereocenters. The molecule has 0 aliphatic carbocycles. The molecule has 0 spiro atoms. The number of hydrogen-bond acceptors (Lipinski definition) is 4. The number of nitrogens with zero attached hydrogens (tertiary/aromatic N) is 3. The first kappa shape index (κ1) is 14.8. The second-order valence-electron chi connectivity index (χ2n) is 4.76. The van der Waals surface area contributed by atoms with Crippen LogP contribution in [0.5, 0.6) is 0 Å². The topological polar surface area (TPSA) is 41.1 Å². The van der Waals surface area contributed by atoms with E-state index in [9.17, 15) is 0 Å². The molecule has 2 rings (SSSR count). The average Bonchev–Trinajstić information content (AvgIpc) is 2.43. The number of halogens is 1. The summed E-state index contributed by atoms with van der Waals surface area (Å²) in [6.45, 7) is 3.46. The highest BCUT2D eigenvalue weighted by Gasteiger charge is 2.09. The second kappa shape index (κ2) is 6.68. The first-order valence-electron chi connectivity index (χ1n) is 6.53. The summed E-state index contributed by atoms with van der Waals surface area (Å²) in [5.74, 6) is 0.710. The van der Waals surface area contributed by atoms with Gasteiger partial charge in [-0.25, -0.2) is 9.97 Å². The van der Waals surface area contributed by atoms with Gasteiger partial charge in [0.25, 0.3) is 0 Å². The van der Waals surface area contributed by atoms with Crippen LogP contribution in [-0.2, 0) is 13.1 Å². The van der Waals surface area contributed by atoms with Crippen LogP contribution < -0.4 is 10.2 Å². The lowest BCUT2D eigenvalue weighted by molar-refractivity contribution is 0.785. The van der Waals surface area contributed by atoms with Gasteiger partial charge in [-0.3, -0.25) is 0 Å². The summed E-state index contributed by atoms with van der Waals surface area (Å²) in [6.07, 6.45) is 1.87. The minimum atomic E-state index is 0.685. The summed E-state index contributed by atoms with van der Waals surface area (Å²) in [7, 11) is 3.88. The zero-order valence-corrected chi connectivity index (χ0v) is 12.8. The van der Waals surface area contributed by atoms with Gasteiger partial charge in [0.15, 0.2) is 0 Å². The quantitative estimate of drug-likeness (QED) is 0.919. The molecular formula is C15H19ClN4. The van der Waals surface area contributed by atoms with Crippen LogP contribution in [0.1, 0.15) is 16.8 Å². The van der Waals surface area contributed by atoms with Crippen LogP contribution in [0.15, 0.2) is 30.5 Å². The maximum atomic E-state index is 6.18. The van der Waals surface area contributed by atoms with Gasteiger partial charge in [0, 0.05) is 42.6 Å². The zero-order chi connectivity index (χ0) is 14.5. The highest BCUT2D eigenvalue weighted by molar-refractivity contribution is 6.31. The van der Waals surface area contributed by atoms with Gasteiger partial charge in [-0.15, -0.1) is 0 Å². The number of aryl methyl sites for hydroxylation is 1. The van der Waals surface area contributed by atoms with E-state index >= 15 is 0 Å². The lowest BCUT2D eigenvalue weighted by Gasteiger charge is -2.18. The van der Waals surface area contributed by atoms with Crippen LogP contribution in [0.4, 0.5) is 5.95 Å². The summed E-state index contributed by atoms with van der Waals surface area (Å²) < 4.78 is 0. The molecule has 0 aliphatic heterocycles. The Morgan fingerprint density at radius 3 is 2.65 bits per heavy atom. The van der Waals surface area contributed by atoms with Crippen LogP contribution >= 0.6 is 11.6 Å². The monoisotopic (exact) mass is 290 g/mol. The molecule has 106 valence electrons. The molecule has 1 aromatic heterocycles. The molecule has 0 radical (unpaired) electrons. The predicted molar refractivity (Wildman–Crippen MR) is 83.1 cm³/mol. The fourth-order valence-corrected chi connectivity index (χ4v) is 2.18. The number of nitrogens with one attached hydrogen (secondary N) is 1. The highest BCUT2D eigenvalue weighted by atomic mass is 35.5. The zero-order valence-electron chi connectivity index (χ0n) is 12.0. The summed E-state index contributed by atoms with van der Waals surface area (Å²) in [5, 5.41) is 3.88. The number of hydrogen-bond donors (Lipinski definition) is 1. The van der Waals surface area contributed by atoms with Crippen LogP contribution in [0.3, 0.4) is 0 Å². The molecule has 2 aromatic rings. The van der Waals surface area contributed by atoms with Gasteiger partial charge in [0.1, 0.15) is 0 Å². The van der Waals surface area contributed by atoms with Gasteiger partial charge in [-0.2, -0.15) is 0 Å². The van der Waals surface area contributed by atoms with E-state index in [2.05, 4.69) is 15.3 Å². The molecule has 4 nitrogen and oxygen atoms in total. The normalized spacial score (nSPS) is 10.6. The van der Waals surface area contributed by atoms with Crippen molar-refractivity contribution in [3.8, 4) is 0 Å². The molecule has 5 heteroatoms. The second-order valence-corrected chi connectivity index (χ2v) is 5.17. The number of anilines is 1. The molecule has 1 aromatic carbocycles. The fraction of sp³-hybridized carbons (Fsp3) is 0.333. The van der Waals surface area contributed by atoms with Crippen LogP contribution in [0.2, 0.25) is 5.02 Å². The maximum Gasteiger partial charge on any atom is 0.225 e. The largest absolute Gasteiger partial charge is 0.339 e. The first-order chi connectivity index (χ1) is 9.61. The SMILES string of the molecule is CNCc1cnc(N(C)Cc2ccccc2Cl)nc1C. The third-order valence-corrected chi connectivity index (χ3v) is 3.51. The van der Waals surface area contributed by atoms with Crippen molar-refractivity contribution < 1.29 is 0 Å². The summed E-state index contributed by atoms with van der Waals surface area (Å²) >= 11 is 6.18. The summed E-state index contributed by atoms with van der Waals surface area (Å²) in [6, 6.07) is 7.82. The molecule has 0 fully saturated rings. The smallest absolute Gasteiger partial charge is 0.225 e. The predicted octanol–water partition coefficient (Wildman–Crippen LogP) is 2.79. The van der Waals surface area contributed by atoms with Crippen molar-refractivity contribution in [1.29, 1.82) is 0 Å². The molecule has 1 heterocycles. The molecule has 0 atom stereocenters. The molecular weight excluding hydrogens is 272 g/mol. The molecule has 20 heavy (non-hydrogen) atoms. The first-order valence-corrected chi connectivity index (χ1v) is 6.91. The molecule has 0 saturated carbocycles. The van der Waals surface area contributed by atoms with Gasteiger partial charge in [-0.1, -0.05) is 29.8 Å². The Hall–Kier alpha value is -1.65. The van der Waals surface area contributed by atoms with Crippen molar-refractivity contribution in [2.45, 2.75) is 20.0 Å². The Bertz CT molecular complexity index is 586. The van der Waals surface area contributed by atoms with E-state index in [1.165, 1.54) is 0 Å². The Labute approximate surface area is 124 Å². The van der Waals surface area contributed by atoms with E-state index in [4.69, 9.17) is 11.6 Å². The van der Waals surface area contributed by atoms with E-state index in [0.29, 0.717) is 12.5 Å². The molecule has 0 amide bonds. The van der Waals surface area contributed by atoms with Crippen LogP contribution in [-0.4, -0.2) is 24.1 Å². The van der Waals surface area contributed by atoms with Crippen molar-refractivity contribution in [2.75, 3.05) is 19.0 Å². The van der Waals surface area contributed by atoms with Crippen LogP contribution in [0, 0.1) is 6.92 Å². The number of rotatable bonds is 5. The fourth-order valence-electron chi connectivity index (χ4n) is 1.98. The maximum absolute atomic E-state index is 6.18. The van der Waals surface area contributed by atoms with Crippen molar-refractivity contribution in [3.05, 3.63) is 52.3 Å². The molecule has 1 N–H and O–H groups in total. The third-order valence-electron chi connectivity index (χ3n) is 3.14. The molecule has 0 aliphatic rings. The Kier molecular flexibility index (Phi) is 4.93. The highest BCUT2D eigenvalue weighted by Crippen LogP contribution is 2.19. The van der Waals surface area contributed by atoms with Crippen LogP contribution in [0.25, 0.3) is 0 Å². The Balaban J connectivity index is 2.15. The van der Waals surface area contributed by atoms with Gasteiger partial charge >= 0.3 is 0 Å². The van der Waals surface area contributed by atoms with E-state index in [1.807, 2.05) is 56.4 Å². The van der Waals surface area contributed by atoms with Crippen molar-refractivity contribution in [3.63, 3.8) is 0 Å². The number of aromatic nitrogens is 2. The van der Waals surface area contributed by atoms with Gasteiger partial charge < -0.3 is 10.2 Å². The van der Waals surface area contributed by atoms with E-state index in [0.717, 1.165) is 28.4 Å². The van der Waals surface area contributed by atoms with Gasteiger partial charge in [-0.05, 0) is 25.6 Å². The van der Waals surface area contributed by atoms with E-state index < -0.39 is 0 Å². The lowest BCUT2D eigenvalue weighted by Crippen LogP contribution is -2.20. The van der Waals surface area contributed by atoms with Crippen molar-refractivity contribution >= 4 is 17.5 Å². The minimum Gasteiger partial charge on any atom is -0.339 e. The number of benzene rings is 1. The lowest BCUT2D eigenvalue weighted by atomic mass is 10.2. The van der Waals surface area contributed by atoms with Crippen molar-refractivity contribution in [2.24, 2.45) is 0 Å². The minimum absolute atomic E-state index is 0.685. The molecule has 0 saturated heterocycles. The summed E-state index contributed by atoms with van der Waals surface area (Å²) in [4.78, 5) is 11.0. The molecule has 0 bridgehead atoms. The van der Waals surface area contributed by atoms with Crippen molar-refractivity contribution in [1.82, 2.24) is 15.3 Å². The Morgan fingerprint density at radius 2 is 2.00 bits per heavy atom. The standard InChI is InChI=1S/C15H19ClN4/c1-11-13(8-17-2)9-18-15(19-11)20(3)10-12-6-4-5-7-14(12)16/h4-7,9,17H,8,10H2,1-3H3. The Morgan fingerprint density at radius 1 is 1.25 bits per heavy atom. The average molecular weight is 291 g/mol. The van der Waals surface area contributed by atoms with E-state index in [-0.39, 0.29) is 0 Å². The van der Waals surface area contributed by atoms with Gasteiger partial charge in [0.2, 0.25) is 5.95 Å².